The average Bonchev–Trinajstić information content (AvgIpc) is 2.83. The lowest BCUT2D eigenvalue weighted by Crippen LogP contribution is -2.11. The van der Waals surface area contributed by atoms with Crippen molar-refractivity contribution in [3.8, 4) is 11.5 Å². The van der Waals surface area contributed by atoms with E-state index in [9.17, 15) is 5.11 Å². The van der Waals surface area contributed by atoms with Crippen molar-refractivity contribution in [3.05, 3.63) is 53.6 Å². The maximum atomic E-state index is 9.43. The number of rotatable bonds is 4. The van der Waals surface area contributed by atoms with Gasteiger partial charge in [-0.05, 0) is 36.2 Å². The van der Waals surface area contributed by atoms with Crippen LogP contribution in [0.25, 0.3) is 0 Å². The number of anilines is 1. The molecule has 0 radical (unpaired) electrons. The molecule has 20 heavy (non-hydrogen) atoms. The molecule has 0 amide bonds. The Kier molecular flexibility index (Phi) is 3.48. The molecular formula is C16H17NO3. The number of benzene rings is 2. The summed E-state index contributed by atoms with van der Waals surface area (Å²) >= 11 is 0. The van der Waals surface area contributed by atoms with Crippen LogP contribution in [0, 0.1) is 0 Å². The van der Waals surface area contributed by atoms with Crippen LogP contribution in [0.5, 0.6) is 11.5 Å². The number of aliphatic hydroxyl groups excluding tert-OH is 1. The number of aliphatic hydroxyl groups is 1. The van der Waals surface area contributed by atoms with Crippen molar-refractivity contribution in [2.75, 3.05) is 18.5 Å². The molecule has 3 rings (SSSR count). The first-order chi connectivity index (χ1) is 9.76. The molecule has 0 saturated carbocycles. The monoisotopic (exact) mass is 271 g/mol. The van der Waals surface area contributed by atoms with Gasteiger partial charge in [-0.25, -0.2) is 0 Å². The van der Waals surface area contributed by atoms with Crippen LogP contribution < -0.4 is 10.1 Å². The van der Waals surface area contributed by atoms with Gasteiger partial charge in [-0.3, -0.25) is 0 Å². The Bertz CT molecular complexity index is 595. The predicted molar refractivity (Wildman–Crippen MR) is 77.2 cm³/mol. The molecule has 4 heteroatoms. The summed E-state index contributed by atoms with van der Waals surface area (Å²) in [7, 11) is 0. The number of aromatic hydroxyl groups is 1. The number of hydrogen-bond donors (Lipinski definition) is 3. The van der Waals surface area contributed by atoms with Gasteiger partial charge in [-0.15, -0.1) is 0 Å². The summed E-state index contributed by atoms with van der Waals surface area (Å²) in [6, 6.07) is 13.3. The van der Waals surface area contributed by atoms with Crippen LogP contribution in [0.1, 0.15) is 17.2 Å². The third kappa shape index (κ3) is 2.56. The molecule has 1 atom stereocenters. The summed E-state index contributed by atoms with van der Waals surface area (Å²) < 4.78 is 5.57. The molecule has 0 fully saturated rings. The number of nitrogens with one attached hydrogen (secondary N) is 1. The summed E-state index contributed by atoms with van der Waals surface area (Å²) in [6.45, 7) is 0.720. The van der Waals surface area contributed by atoms with Crippen LogP contribution in [0.15, 0.2) is 42.5 Å². The first-order valence-electron chi connectivity index (χ1n) is 6.68. The fourth-order valence-electron chi connectivity index (χ4n) is 2.42. The van der Waals surface area contributed by atoms with Gasteiger partial charge in [-0.2, -0.15) is 0 Å². The molecule has 104 valence electrons. The van der Waals surface area contributed by atoms with Gasteiger partial charge in [-0.1, -0.05) is 12.1 Å². The molecule has 0 bridgehead atoms. The van der Waals surface area contributed by atoms with Crippen LogP contribution in [-0.4, -0.2) is 23.4 Å². The third-order valence-electron chi connectivity index (χ3n) is 3.47. The Morgan fingerprint density at radius 1 is 1.15 bits per heavy atom. The van der Waals surface area contributed by atoms with Gasteiger partial charge in [0.15, 0.2) is 0 Å². The average molecular weight is 271 g/mol. The van der Waals surface area contributed by atoms with Crippen molar-refractivity contribution in [1.82, 2.24) is 0 Å². The molecule has 1 heterocycles. The van der Waals surface area contributed by atoms with Crippen molar-refractivity contribution in [2.24, 2.45) is 0 Å². The molecule has 3 N–H and O–H groups in total. The number of ether oxygens (including phenoxy) is 1. The van der Waals surface area contributed by atoms with Crippen molar-refractivity contribution >= 4 is 5.69 Å². The van der Waals surface area contributed by atoms with Crippen LogP contribution in [0.3, 0.4) is 0 Å². The van der Waals surface area contributed by atoms with E-state index in [1.54, 1.807) is 12.1 Å². The second-order valence-electron chi connectivity index (χ2n) is 4.90. The van der Waals surface area contributed by atoms with E-state index in [1.165, 1.54) is 0 Å². The van der Waals surface area contributed by atoms with E-state index in [-0.39, 0.29) is 18.4 Å². The lowest BCUT2D eigenvalue weighted by Gasteiger charge is -2.13. The molecule has 2 aromatic rings. The first-order valence-corrected chi connectivity index (χ1v) is 6.68. The number of phenols is 1. The fraction of sp³-hybridized carbons (Fsp3) is 0.250. The van der Waals surface area contributed by atoms with Crippen LogP contribution in [-0.2, 0) is 6.42 Å². The molecule has 0 aliphatic carbocycles. The normalized spacial score (nSPS) is 16.6. The molecule has 1 aliphatic heterocycles. The Morgan fingerprint density at radius 2 is 1.95 bits per heavy atom. The summed E-state index contributed by atoms with van der Waals surface area (Å²) in [5.41, 5.74) is 3.19. The van der Waals surface area contributed by atoms with Gasteiger partial charge in [0.1, 0.15) is 18.1 Å². The minimum absolute atomic E-state index is 0.0919. The van der Waals surface area contributed by atoms with Gasteiger partial charge in [0, 0.05) is 23.9 Å². The van der Waals surface area contributed by atoms with E-state index < -0.39 is 0 Å². The predicted octanol–water partition coefficient (Wildman–Crippen LogP) is 2.47. The van der Waals surface area contributed by atoms with Crippen LogP contribution in [0.4, 0.5) is 5.69 Å². The first kappa shape index (κ1) is 12.8. The molecular weight excluding hydrogens is 254 g/mol. The largest absolute Gasteiger partial charge is 0.508 e. The molecule has 1 aliphatic rings. The molecule has 1 unspecified atom stereocenters. The molecule has 4 nitrogen and oxygen atoms in total. The second-order valence-corrected chi connectivity index (χ2v) is 4.90. The van der Waals surface area contributed by atoms with E-state index in [1.807, 2.05) is 30.3 Å². The summed E-state index contributed by atoms with van der Waals surface area (Å²) in [5, 5.41) is 21.7. The Labute approximate surface area is 117 Å². The second kappa shape index (κ2) is 5.43. The highest BCUT2D eigenvalue weighted by Crippen LogP contribution is 2.36. The zero-order valence-electron chi connectivity index (χ0n) is 11.0. The van der Waals surface area contributed by atoms with Crippen molar-refractivity contribution < 1.29 is 14.9 Å². The highest BCUT2D eigenvalue weighted by Gasteiger charge is 2.24. The summed E-state index contributed by atoms with van der Waals surface area (Å²) in [6.07, 6.45) is 0.676. The Morgan fingerprint density at radius 3 is 2.70 bits per heavy atom. The van der Waals surface area contributed by atoms with Crippen molar-refractivity contribution in [1.29, 1.82) is 0 Å². The van der Waals surface area contributed by atoms with E-state index in [0.29, 0.717) is 13.0 Å². The zero-order chi connectivity index (χ0) is 13.9. The van der Waals surface area contributed by atoms with Gasteiger partial charge >= 0.3 is 0 Å². The van der Waals surface area contributed by atoms with E-state index in [4.69, 9.17) is 9.84 Å². The highest BCUT2D eigenvalue weighted by atomic mass is 16.5. The molecule has 0 saturated heterocycles. The van der Waals surface area contributed by atoms with E-state index in [2.05, 4.69) is 5.32 Å². The maximum Gasteiger partial charge on any atom is 0.128 e. The zero-order valence-corrected chi connectivity index (χ0v) is 11.0. The standard InChI is InChI=1S/C16H17NO3/c18-8-7-11-1-3-12(4-2-11)17-15-10-20-16-9-13(19)5-6-14(15)16/h1-6,9,15,17-19H,7-8,10H2. The van der Waals surface area contributed by atoms with Gasteiger partial charge < -0.3 is 20.3 Å². The topological polar surface area (TPSA) is 61.7 Å². The highest BCUT2D eigenvalue weighted by molar-refractivity contribution is 5.52. The van der Waals surface area contributed by atoms with Crippen LogP contribution >= 0.6 is 0 Å². The van der Waals surface area contributed by atoms with Gasteiger partial charge in [0.2, 0.25) is 0 Å². The number of phenolic OH excluding ortho intramolecular Hbond substituents is 1. The maximum absolute atomic E-state index is 9.43. The number of fused-ring (bicyclic) bond motifs is 1. The number of hydrogen-bond acceptors (Lipinski definition) is 4. The quantitative estimate of drug-likeness (QED) is 0.799. The Balaban J connectivity index is 1.73. The minimum Gasteiger partial charge on any atom is -0.508 e. The lowest BCUT2D eigenvalue weighted by atomic mass is 10.1. The lowest BCUT2D eigenvalue weighted by molar-refractivity contribution is 0.299. The molecule has 0 spiro atoms. The van der Waals surface area contributed by atoms with E-state index in [0.717, 1.165) is 22.6 Å². The van der Waals surface area contributed by atoms with Crippen LogP contribution in [0.2, 0.25) is 0 Å². The smallest absolute Gasteiger partial charge is 0.128 e. The third-order valence-corrected chi connectivity index (χ3v) is 3.47. The van der Waals surface area contributed by atoms with Crippen molar-refractivity contribution in [2.45, 2.75) is 12.5 Å². The van der Waals surface area contributed by atoms with Gasteiger partial charge in [0.05, 0.1) is 6.04 Å². The SMILES string of the molecule is OCCc1ccc(NC2COc3cc(O)ccc32)cc1. The van der Waals surface area contributed by atoms with Gasteiger partial charge in [0.25, 0.3) is 0 Å². The summed E-state index contributed by atoms with van der Waals surface area (Å²) in [4.78, 5) is 0. The summed E-state index contributed by atoms with van der Waals surface area (Å²) in [5.74, 6) is 0.956. The Hall–Kier alpha value is -2.20. The molecule has 0 aromatic heterocycles. The van der Waals surface area contributed by atoms with Crippen molar-refractivity contribution in [3.63, 3.8) is 0 Å². The van der Waals surface area contributed by atoms with E-state index >= 15 is 0 Å². The minimum atomic E-state index is 0.0919. The molecule has 2 aromatic carbocycles. The fourth-order valence-corrected chi connectivity index (χ4v) is 2.42.